The van der Waals surface area contributed by atoms with Crippen molar-refractivity contribution in [3.8, 4) is 5.88 Å². The van der Waals surface area contributed by atoms with Gasteiger partial charge in [0.1, 0.15) is 11.6 Å². The van der Waals surface area contributed by atoms with Crippen LogP contribution in [0.3, 0.4) is 0 Å². The maximum atomic E-state index is 5.81. The number of aromatic nitrogens is 2. The highest BCUT2D eigenvalue weighted by molar-refractivity contribution is 6.31. The van der Waals surface area contributed by atoms with Gasteiger partial charge in [-0.25, -0.2) is 4.98 Å². The van der Waals surface area contributed by atoms with Gasteiger partial charge in [-0.15, -0.1) is 0 Å². The quantitative estimate of drug-likeness (QED) is 0.707. The van der Waals surface area contributed by atoms with E-state index in [0.717, 1.165) is 6.42 Å². The number of hydrogen-bond donors (Lipinski definition) is 1. The first kappa shape index (κ1) is 14.0. The Labute approximate surface area is 105 Å². The summed E-state index contributed by atoms with van der Waals surface area (Å²) in [5.41, 5.74) is 5.41. The lowest BCUT2D eigenvalue weighted by Gasteiger charge is -2.07. The Morgan fingerprint density at radius 3 is 2.88 bits per heavy atom. The number of nitrogen functional groups attached to an aromatic ring is 1. The Kier molecular flexibility index (Phi) is 6.61. The van der Waals surface area contributed by atoms with Crippen LogP contribution in [0.1, 0.15) is 6.42 Å². The van der Waals surface area contributed by atoms with Gasteiger partial charge in [0, 0.05) is 20.3 Å². The van der Waals surface area contributed by atoms with Crippen LogP contribution >= 0.6 is 11.6 Å². The van der Waals surface area contributed by atoms with E-state index in [-0.39, 0.29) is 11.8 Å². The summed E-state index contributed by atoms with van der Waals surface area (Å²) >= 11 is 5.81. The zero-order valence-corrected chi connectivity index (χ0v) is 10.4. The molecule has 0 aromatic carbocycles. The fourth-order valence-electron chi connectivity index (χ4n) is 1.07. The third-order valence-electron chi connectivity index (χ3n) is 1.83. The highest BCUT2D eigenvalue weighted by atomic mass is 35.5. The van der Waals surface area contributed by atoms with Gasteiger partial charge < -0.3 is 19.9 Å². The van der Waals surface area contributed by atoms with Gasteiger partial charge in [0.05, 0.1) is 12.8 Å². The largest absolute Gasteiger partial charge is 0.474 e. The van der Waals surface area contributed by atoms with Crippen molar-refractivity contribution >= 4 is 17.5 Å². The molecule has 2 N–H and O–H groups in total. The SMILES string of the molecule is COCCCOCCOc1nc(N)ncc1Cl. The molecule has 0 fully saturated rings. The van der Waals surface area contributed by atoms with Crippen molar-refractivity contribution in [2.75, 3.05) is 39.3 Å². The highest BCUT2D eigenvalue weighted by Crippen LogP contribution is 2.20. The Morgan fingerprint density at radius 1 is 1.29 bits per heavy atom. The summed E-state index contributed by atoms with van der Waals surface area (Å²) in [6.45, 7) is 2.15. The fourth-order valence-corrected chi connectivity index (χ4v) is 1.22. The normalized spacial score (nSPS) is 10.5. The molecule has 0 aliphatic heterocycles. The number of nitrogens with zero attached hydrogens (tertiary/aromatic N) is 2. The van der Waals surface area contributed by atoms with E-state index >= 15 is 0 Å². The molecule has 0 atom stereocenters. The van der Waals surface area contributed by atoms with Crippen molar-refractivity contribution in [3.05, 3.63) is 11.2 Å². The minimum absolute atomic E-state index is 0.130. The van der Waals surface area contributed by atoms with Crippen molar-refractivity contribution in [3.63, 3.8) is 0 Å². The number of halogens is 1. The summed E-state index contributed by atoms with van der Waals surface area (Å²) in [5, 5.41) is 0.332. The molecule has 0 unspecified atom stereocenters. The number of hydrogen-bond acceptors (Lipinski definition) is 6. The molecule has 6 nitrogen and oxygen atoms in total. The summed E-state index contributed by atoms with van der Waals surface area (Å²) in [6.07, 6.45) is 2.26. The average molecular weight is 262 g/mol. The molecule has 1 aromatic heterocycles. The Morgan fingerprint density at radius 2 is 2.12 bits per heavy atom. The lowest BCUT2D eigenvalue weighted by Crippen LogP contribution is -2.10. The van der Waals surface area contributed by atoms with Crippen LogP contribution in [-0.2, 0) is 9.47 Å². The predicted molar refractivity (Wildman–Crippen MR) is 64.3 cm³/mol. The molecule has 0 saturated heterocycles. The monoisotopic (exact) mass is 261 g/mol. The molecule has 0 aliphatic carbocycles. The van der Waals surface area contributed by atoms with E-state index in [0.29, 0.717) is 31.5 Å². The first-order valence-electron chi connectivity index (χ1n) is 5.21. The second-order valence-corrected chi connectivity index (χ2v) is 3.60. The van der Waals surface area contributed by atoms with Crippen molar-refractivity contribution in [1.82, 2.24) is 9.97 Å². The maximum Gasteiger partial charge on any atom is 0.237 e. The molecule has 96 valence electrons. The van der Waals surface area contributed by atoms with E-state index in [1.54, 1.807) is 7.11 Å². The third-order valence-corrected chi connectivity index (χ3v) is 2.09. The lowest BCUT2D eigenvalue weighted by atomic mass is 10.5. The summed E-state index contributed by atoms with van der Waals surface area (Å²) in [7, 11) is 1.66. The van der Waals surface area contributed by atoms with E-state index in [1.165, 1.54) is 6.20 Å². The van der Waals surface area contributed by atoms with Crippen molar-refractivity contribution in [2.24, 2.45) is 0 Å². The Hall–Kier alpha value is -1.11. The molecule has 0 saturated carbocycles. The van der Waals surface area contributed by atoms with Crippen LogP contribution < -0.4 is 10.5 Å². The molecule has 0 bridgehead atoms. The number of rotatable bonds is 8. The van der Waals surface area contributed by atoms with Crippen LogP contribution in [0.4, 0.5) is 5.95 Å². The van der Waals surface area contributed by atoms with Gasteiger partial charge in [-0.2, -0.15) is 4.98 Å². The number of nitrogens with two attached hydrogens (primary N) is 1. The van der Waals surface area contributed by atoms with Gasteiger partial charge in [0.15, 0.2) is 0 Å². The van der Waals surface area contributed by atoms with Crippen LogP contribution in [0.5, 0.6) is 5.88 Å². The molecular formula is C10H16ClN3O3. The van der Waals surface area contributed by atoms with E-state index in [4.69, 9.17) is 31.5 Å². The molecule has 0 spiro atoms. The van der Waals surface area contributed by atoms with Gasteiger partial charge in [-0.1, -0.05) is 11.6 Å². The van der Waals surface area contributed by atoms with Crippen LogP contribution in [-0.4, -0.2) is 43.5 Å². The van der Waals surface area contributed by atoms with Gasteiger partial charge >= 0.3 is 0 Å². The molecule has 0 radical (unpaired) electrons. The van der Waals surface area contributed by atoms with Crippen LogP contribution in [0.15, 0.2) is 6.20 Å². The van der Waals surface area contributed by atoms with Gasteiger partial charge in [0.2, 0.25) is 11.8 Å². The smallest absolute Gasteiger partial charge is 0.237 e. The van der Waals surface area contributed by atoms with Gasteiger partial charge in [0.25, 0.3) is 0 Å². The van der Waals surface area contributed by atoms with Crippen molar-refractivity contribution in [2.45, 2.75) is 6.42 Å². The van der Waals surface area contributed by atoms with E-state index in [9.17, 15) is 0 Å². The summed E-state index contributed by atoms with van der Waals surface area (Å²) in [4.78, 5) is 7.58. The number of ether oxygens (including phenoxy) is 3. The molecule has 1 aromatic rings. The minimum Gasteiger partial charge on any atom is -0.474 e. The Bertz CT molecular complexity index is 339. The lowest BCUT2D eigenvalue weighted by molar-refractivity contribution is 0.0796. The Balaban J connectivity index is 2.15. The molecule has 17 heavy (non-hydrogen) atoms. The number of methoxy groups -OCH3 is 1. The topological polar surface area (TPSA) is 79.5 Å². The van der Waals surface area contributed by atoms with Gasteiger partial charge in [-0.05, 0) is 6.42 Å². The van der Waals surface area contributed by atoms with Crippen LogP contribution in [0.25, 0.3) is 0 Å². The first-order chi connectivity index (χ1) is 8.24. The first-order valence-corrected chi connectivity index (χ1v) is 5.59. The third kappa shape index (κ3) is 5.67. The standard InChI is InChI=1S/C10H16ClN3O3/c1-15-3-2-4-16-5-6-17-9-8(11)7-13-10(12)14-9/h7H,2-6H2,1H3,(H2,12,13,14). The molecule has 0 aliphatic rings. The van der Waals surface area contributed by atoms with E-state index < -0.39 is 0 Å². The molecular weight excluding hydrogens is 246 g/mol. The molecule has 1 heterocycles. The summed E-state index contributed by atoms with van der Waals surface area (Å²) in [6, 6.07) is 0. The zero-order chi connectivity index (χ0) is 12.5. The zero-order valence-electron chi connectivity index (χ0n) is 9.69. The summed E-state index contributed by atoms with van der Waals surface area (Å²) < 4.78 is 15.5. The van der Waals surface area contributed by atoms with Crippen LogP contribution in [0.2, 0.25) is 5.02 Å². The van der Waals surface area contributed by atoms with Gasteiger partial charge in [-0.3, -0.25) is 0 Å². The van der Waals surface area contributed by atoms with Crippen LogP contribution in [0, 0.1) is 0 Å². The summed E-state index contributed by atoms with van der Waals surface area (Å²) in [5.74, 6) is 0.407. The number of anilines is 1. The predicted octanol–water partition coefficient (Wildman–Crippen LogP) is 1.14. The molecule has 0 amide bonds. The fraction of sp³-hybridized carbons (Fsp3) is 0.600. The minimum atomic E-state index is 0.130. The molecule has 1 rings (SSSR count). The second kappa shape index (κ2) is 8.05. The van der Waals surface area contributed by atoms with Crippen molar-refractivity contribution in [1.29, 1.82) is 0 Å². The van der Waals surface area contributed by atoms with E-state index in [2.05, 4.69) is 9.97 Å². The average Bonchev–Trinajstić information content (AvgIpc) is 2.32. The van der Waals surface area contributed by atoms with E-state index in [1.807, 2.05) is 0 Å². The highest BCUT2D eigenvalue weighted by Gasteiger charge is 2.04. The molecule has 7 heteroatoms. The second-order valence-electron chi connectivity index (χ2n) is 3.19. The van der Waals surface area contributed by atoms with Crippen molar-refractivity contribution < 1.29 is 14.2 Å². The maximum absolute atomic E-state index is 5.81.